The van der Waals surface area contributed by atoms with Gasteiger partial charge in [-0.2, -0.15) is 18.0 Å². The topological polar surface area (TPSA) is 113 Å². The molecule has 172 valence electrons. The Kier molecular flexibility index (Phi) is 7.67. The number of carbonyl (C=O) groups is 1. The molecule has 0 radical (unpaired) electrons. The van der Waals surface area contributed by atoms with Crippen LogP contribution in [0.1, 0.15) is 47.2 Å². The van der Waals surface area contributed by atoms with Gasteiger partial charge in [-0.1, -0.05) is 19.1 Å². The molecule has 0 bridgehead atoms. The molecule has 3 N–H and O–H groups in total. The zero-order valence-electron chi connectivity index (χ0n) is 17.2. The van der Waals surface area contributed by atoms with E-state index >= 15 is 0 Å². The molecule has 13 heteroatoms. The molecule has 1 amide bonds. The Balaban J connectivity index is 1.45. The maximum atomic E-state index is 12.6. The molecule has 0 aliphatic heterocycles. The second-order valence-corrected chi connectivity index (χ2v) is 7.32. The van der Waals surface area contributed by atoms with Crippen LogP contribution >= 0.6 is 11.6 Å². The van der Waals surface area contributed by atoms with Crippen LogP contribution in [0.15, 0.2) is 24.3 Å². The van der Waals surface area contributed by atoms with Gasteiger partial charge in [0.2, 0.25) is 5.28 Å². The third kappa shape index (κ3) is 6.42. The van der Waals surface area contributed by atoms with Crippen molar-refractivity contribution in [3.05, 3.63) is 52.2 Å². The molecule has 1 aromatic carbocycles. The molecular weight excluding hydrogens is 449 g/mol. The first-order valence-electron chi connectivity index (χ1n) is 9.96. The molecule has 3 rings (SSSR count). The van der Waals surface area contributed by atoms with Gasteiger partial charge in [-0.05, 0) is 47.4 Å². The van der Waals surface area contributed by atoms with Crippen LogP contribution in [-0.4, -0.2) is 49.2 Å². The lowest BCUT2D eigenvalue weighted by Crippen LogP contribution is -2.26. The van der Waals surface area contributed by atoms with Crippen LogP contribution in [0, 0.1) is 0 Å². The van der Waals surface area contributed by atoms with E-state index in [0.29, 0.717) is 43.3 Å². The van der Waals surface area contributed by atoms with Crippen molar-refractivity contribution >= 4 is 23.3 Å². The van der Waals surface area contributed by atoms with Gasteiger partial charge in [-0.25, -0.2) is 4.98 Å². The summed E-state index contributed by atoms with van der Waals surface area (Å²) in [5.74, 6) is 0.463. The van der Waals surface area contributed by atoms with E-state index in [1.54, 1.807) is 0 Å². The van der Waals surface area contributed by atoms with Crippen LogP contribution in [0.3, 0.4) is 0 Å². The number of nitrogens with zero attached hydrogens (tertiary/aromatic N) is 5. The summed E-state index contributed by atoms with van der Waals surface area (Å²) in [5, 5.41) is 18.0. The molecule has 2 heterocycles. The summed E-state index contributed by atoms with van der Waals surface area (Å²) in [6.07, 6.45) is -2.69. The Morgan fingerprint density at radius 1 is 1.22 bits per heavy atom. The van der Waals surface area contributed by atoms with Gasteiger partial charge in [-0.3, -0.25) is 4.79 Å². The maximum Gasteiger partial charge on any atom is 0.416 e. The lowest BCUT2D eigenvalue weighted by atomic mass is 10.1. The number of aromatic nitrogens is 6. The van der Waals surface area contributed by atoms with Crippen molar-refractivity contribution in [1.29, 1.82) is 0 Å². The fourth-order valence-electron chi connectivity index (χ4n) is 2.83. The van der Waals surface area contributed by atoms with E-state index in [1.165, 1.54) is 16.9 Å². The average molecular weight is 471 g/mol. The number of carbonyl (C=O) groups excluding carboxylic acids is 1. The zero-order chi connectivity index (χ0) is 23.1. The van der Waals surface area contributed by atoms with Crippen molar-refractivity contribution in [2.75, 3.05) is 18.4 Å². The van der Waals surface area contributed by atoms with Crippen molar-refractivity contribution in [1.82, 2.24) is 35.5 Å². The van der Waals surface area contributed by atoms with Gasteiger partial charge in [0.25, 0.3) is 5.91 Å². The molecule has 0 unspecified atom stereocenters. The quantitative estimate of drug-likeness (QED) is 0.392. The highest BCUT2D eigenvalue weighted by molar-refractivity contribution is 6.28. The minimum atomic E-state index is -4.37. The summed E-state index contributed by atoms with van der Waals surface area (Å²) < 4.78 is 37.9. The lowest BCUT2D eigenvalue weighted by molar-refractivity contribution is -0.137. The van der Waals surface area contributed by atoms with Crippen LogP contribution < -0.4 is 10.6 Å². The number of aryl methyl sites for hydroxylation is 1. The van der Waals surface area contributed by atoms with E-state index in [2.05, 4.69) is 36.0 Å². The molecule has 0 saturated carbocycles. The number of H-pyrrole nitrogens is 1. The van der Waals surface area contributed by atoms with Crippen molar-refractivity contribution in [2.45, 2.75) is 38.9 Å². The third-order valence-electron chi connectivity index (χ3n) is 4.40. The summed E-state index contributed by atoms with van der Waals surface area (Å²) in [6, 6.07) is 4.84. The Hall–Kier alpha value is -3.15. The van der Waals surface area contributed by atoms with Crippen LogP contribution in [0.4, 0.5) is 19.0 Å². The lowest BCUT2D eigenvalue weighted by Gasteiger charge is -2.06. The number of benzene rings is 1. The van der Waals surface area contributed by atoms with E-state index in [-0.39, 0.29) is 23.3 Å². The fourth-order valence-corrected chi connectivity index (χ4v) is 3.01. The summed E-state index contributed by atoms with van der Waals surface area (Å²) in [5.41, 5.74) is 0.210. The van der Waals surface area contributed by atoms with E-state index < -0.39 is 11.7 Å². The largest absolute Gasteiger partial charge is 0.416 e. The Morgan fingerprint density at radius 3 is 2.66 bits per heavy atom. The van der Waals surface area contributed by atoms with E-state index in [9.17, 15) is 18.0 Å². The number of nitrogens with one attached hydrogen (secondary N) is 3. The predicted molar refractivity (Wildman–Crippen MR) is 111 cm³/mol. The zero-order valence-corrected chi connectivity index (χ0v) is 18.0. The predicted octanol–water partition coefficient (Wildman–Crippen LogP) is 3.30. The van der Waals surface area contributed by atoms with Crippen LogP contribution in [0.5, 0.6) is 0 Å². The molecule has 2 aromatic heterocycles. The molecule has 0 fully saturated rings. The van der Waals surface area contributed by atoms with Crippen LogP contribution in [0.25, 0.3) is 0 Å². The third-order valence-corrected chi connectivity index (χ3v) is 4.58. The number of aromatic amines is 1. The van der Waals surface area contributed by atoms with E-state index in [0.717, 1.165) is 18.6 Å². The highest BCUT2D eigenvalue weighted by Crippen LogP contribution is 2.29. The highest BCUT2D eigenvalue weighted by atomic mass is 35.5. The number of rotatable bonds is 10. The standard InChI is InChI=1S/C19H22ClF3N8O/c1-2-8-24-16-15(26-18(20)27-16)17(32)25-9-3-10-31-29-14(28-30-31)11-12-4-6-13(7-5-12)19(21,22)23/h4-7,24H,2-3,8-11H2,1H3,(H,25,32)(H,26,27). The Morgan fingerprint density at radius 2 is 1.97 bits per heavy atom. The molecule has 0 atom stereocenters. The monoisotopic (exact) mass is 470 g/mol. The molecule has 3 aromatic rings. The van der Waals surface area contributed by atoms with Gasteiger partial charge in [0.1, 0.15) is 5.69 Å². The van der Waals surface area contributed by atoms with Crippen molar-refractivity contribution in [3.8, 4) is 0 Å². The number of halogens is 4. The number of anilines is 1. The minimum absolute atomic E-state index is 0.126. The molecule has 0 saturated heterocycles. The molecule has 0 spiro atoms. The maximum absolute atomic E-state index is 12.6. The number of hydrogen-bond donors (Lipinski definition) is 3. The number of imidazole rings is 1. The Bertz CT molecular complexity index is 1030. The summed E-state index contributed by atoms with van der Waals surface area (Å²) in [7, 11) is 0. The fraction of sp³-hybridized carbons (Fsp3) is 0.421. The van der Waals surface area contributed by atoms with Crippen molar-refractivity contribution < 1.29 is 18.0 Å². The SMILES string of the molecule is CCCNc1nc(Cl)[nH]c1C(=O)NCCCn1nnc(Cc2ccc(C(F)(F)F)cc2)n1. The van der Waals surface area contributed by atoms with E-state index in [1.807, 2.05) is 6.92 Å². The van der Waals surface area contributed by atoms with Gasteiger partial charge >= 0.3 is 6.18 Å². The summed E-state index contributed by atoms with van der Waals surface area (Å²) in [6.45, 7) is 3.42. The van der Waals surface area contributed by atoms with Gasteiger partial charge in [0.15, 0.2) is 11.6 Å². The minimum Gasteiger partial charge on any atom is -0.368 e. The normalized spacial score (nSPS) is 11.5. The van der Waals surface area contributed by atoms with Crippen LogP contribution in [-0.2, 0) is 19.1 Å². The molecular formula is C19H22ClF3N8O. The van der Waals surface area contributed by atoms with Crippen molar-refractivity contribution in [3.63, 3.8) is 0 Å². The summed E-state index contributed by atoms with van der Waals surface area (Å²) >= 11 is 5.85. The number of alkyl halides is 3. The number of tetrazole rings is 1. The second kappa shape index (κ2) is 10.4. The molecule has 0 aliphatic rings. The van der Waals surface area contributed by atoms with Gasteiger partial charge in [-0.15, -0.1) is 10.2 Å². The molecule has 0 aliphatic carbocycles. The number of hydrogen-bond acceptors (Lipinski definition) is 6. The highest BCUT2D eigenvalue weighted by Gasteiger charge is 2.29. The molecule has 32 heavy (non-hydrogen) atoms. The van der Waals surface area contributed by atoms with Gasteiger partial charge in [0.05, 0.1) is 12.1 Å². The summed E-state index contributed by atoms with van der Waals surface area (Å²) in [4.78, 5) is 20.5. The smallest absolute Gasteiger partial charge is 0.368 e. The first-order chi connectivity index (χ1) is 15.3. The van der Waals surface area contributed by atoms with Gasteiger partial charge in [0, 0.05) is 19.5 Å². The van der Waals surface area contributed by atoms with Crippen LogP contribution in [0.2, 0.25) is 5.28 Å². The average Bonchev–Trinajstić information content (AvgIpc) is 3.35. The van der Waals surface area contributed by atoms with Gasteiger partial charge < -0.3 is 15.6 Å². The number of amides is 1. The first kappa shape index (κ1) is 23.5. The molecule has 9 nitrogen and oxygen atoms in total. The van der Waals surface area contributed by atoms with Crippen molar-refractivity contribution in [2.24, 2.45) is 0 Å². The first-order valence-corrected chi connectivity index (χ1v) is 10.3. The Labute approximate surface area is 186 Å². The van der Waals surface area contributed by atoms with E-state index in [4.69, 9.17) is 11.6 Å². The second-order valence-electron chi connectivity index (χ2n) is 6.96.